The minimum absolute atomic E-state index is 0.0266. The highest BCUT2D eigenvalue weighted by molar-refractivity contribution is 5.95. The van der Waals surface area contributed by atoms with Gasteiger partial charge in [0, 0.05) is 18.5 Å². The van der Waals surface area contributed by atoms with Crippen molar-refractivity contribution in [1.82, 2.24) is 20.3 Å². The van der Waals surface area contributed by atoms with Crippen LogP contribution in [-0.2, 0) is 34.0 Å². The molecule has 1 amide bonds. The summed E-state index contributed by atoms with van der Waals surface area (Å²) < 4.78 is 13.5. The SMILES string of the molecule is Cc1ccc(-c2cn(CCC3(O)NC(=O)C(OCc4ccccc4)=C3OCc3ccccc3)nn2)cc1. The highest BCUT2D eigenvalue weighted by Gasteiger charge is 2.47. The van der Waals surface area contributed by atoms with Gasteiger partial charge in [-0.05, 0) is 18.1 Å². The van der Waals surface area contributed by atoms with Crippen molar-refractivity contribution >= 4 is 5.91 Å². The molecule has 2 N–H and O–H groups in total. The smallest absolute Gasteiger partial charge is 0.292 e. The fraction of sp³-hybridized carbons (Fsp3) is 0.207. The van der Waals surface area contributed by atoms with E-state index < -0.39 is 11.6 Å². The molecule has 2 heterocycles. The van der Waals surface area contributed by atoms with E-state index in [1.165, 1.54) is 0 Å². The monoisotopic (exact) mass is 496 g/mol. The molecular weight excluding hydrogens is 468 g/mol. The summed E-state index contributed by atoms with van der Waals surface area (Å²) in [5.41, 5.74) is 2.88. The molecule has 0 bridgehead atoms. The van der Waals surface area contributed by atoms with E-state index in [0.717, 1.165) is 27.9 Å². The van der Waals surface area contributed by atoms with Crippen LogP contribution < -0.4 is 5.32 Å². The molecule has 1 atom stereocenters. The van der Waals surface area contributed by atoms with Crippen molar-refractivity contribution < 1.29 is 19.4 Å². The van der Waals surface area contributed by atoms with Crippen LogP contribution in [0.2, 0.25) is 0 Å². The number of hydrogen-bond donors (Lipinski definition) is 2. The summed E-state index contributed by atoms with van der Waals surface area (Å²) in [6, 6.07) is 27.1. The normalized spacial score (nSPS) is 17.1. The standard InChI is InChI=1S/C29H28N4O4/c1-21-12-14-24(15-13-21)25-18-33(32-31-25)17-16-29(35)27(37-20-23-10-6-3-7-11-23)26(28(34)30-29)36-19-22-8-4-2-5-9-22/h2-15,18,35H,16-17,19-20H2,1H3,(H,30,34). The quantitative estimate of drug-likeness (QED) is 0.343. The van der Waals surface area contributed by atoms with Crippen molar-refractivity contribution in [1.29, 1.82) is 0 Å². The molecule has 1 aliphatic heterocycles. The van der Waals surface area contributed by atoms with Crippen molar-refractivity contribution in [3.63, 3.8) is 0 Å². The lowest BCUT2D eigenvalue weighted by atomic mass is 10.1. The third kappa shape index (κ3) is 5.70. The molecule has 0 aliphatic carbocycles. The van der Waals surface area contributed by atoms with Crippen molar-refractivity contribution in [3.05, 3.63) is 119 Å². The van der Waals surface area contributed by atoms with E-state index in [-0.39, 0.29) is 31.2 Å². The lowest BCUT2D eigenvalue weighted by Crippen LogP contribution is -2.45. The number of aromatic nitrogens is 3. The maximum atomic E-state index is 12.9. The Labute approximate surface area is 215 Å². The summed E-state index contributed by atoms with van der Waals surface area (Å²) in [7, 11) is 0. The first-order valence-corrected chi connectivity index (χ1v) is 12.1. The Kier molecular flexibility index (Phi) is 7.00. The highest BCUT2D eigenvalue weighted by Crippen LogP contribution is 2.32. The zero-order valence-corrected chi connectivity index (χ0v) is 20.5. The van der Waals surface area contributed by atoms with Crippen LogP contribution in [0.25, 0.3) is 11.3 Å². The molecule has 0 saturated carbocycles. The minimum Gasteiger partial charge on any atom is -0.484 e. The van der Waals surface area contributed by atoms with Crippen LogP contribution in [0.3, 0.4) is 0 Å². The second-order valence-corrected chi connectivity index (χ2v) is 9.00. The first kappa shape index (κ1) is 24.3. The molecule has 37 heavy (non-hydrogen) atoms. The van der Waals surface area contributed by atoms with Gasteiger partial charge in [0.25, 0.3) is 5.91 Å². The van der Waals surface area contributed by atoms with Gasteiger partial charge in [-0.25, -0.2) is 0 Å². The molecule has 0 radical (unpaired) electrons. The van der Waals surface area contributed by atoms with Crippen LogP contribution in [0, 0.1) is 6.92 Å². The molecule has 188 valence electrons. The van der Waals surface area contributed by atoms with Gasteiger partial charge in [-0.3, -0.25) is 9.48 Å². The number of amides is 1. The van der Waals surface area contributed by atoms with Crippen LogP contribution in [-0.4, -0.2) is 31.7 Å². The Bertz CT molecular complexity index is 1380. The Morgan fingerprint density at radius 3 is 2.16 bits per heavy atom. The number of carbonyl (C=O) groups excluding carboxylic acids is 1. The molecule has 8 heteroatoms. The van der Waals surface area contributed by atoms with Crippen LogP contribution >= 0.6 is 0 Å². The van der Waals surface area contributed by atoms with Gasteiger partial charge < -0.3 is 19.9 Å². The van der Waals surface area contributed by atoms with Gasteiger partial charge in [0.1, 0.15) is 18.9 Å². The zero-order valence-electron chi connectivity index (χ0n) is 20.5. The number of aliphatic hydroxyl groups is 1. The molecular formula is C29H28N4O4. The second kappa shape index (κ2) is 10.7. The average Bonchev–Trinajstić information content (AvgIpc) is 3.49. The Balaban J connectivity index is 1.34. The van der Waals surface area contributed by atoms with Gasteiger partial charge in [-0.2, -0.15) is 0 Å². The Hall–Kier alpha value is -4.43. The highest BCUT2D eigenvalue weighted by atomic mass is 16.5. The van der Waals surface area contributed by atoms with E-state index in [2.05, 4.69) is 15.6 Å². The molecule has 1 unspecified atom stereocenters. The van der Waals surface area contributed by atoms with E-state index in [9.17, 15) is 9.90 Å². The van der Waals surface area contributed by atoms with Crippen LogP contribution in [0.15, 0.2) is 103 Å². The molecule has 0 spiro atoms. The fourth-order valence-electron chi connectivity index (χ4n) is 4.08. The van der Waals surface area contributed by atoms with Gasteiger partial charge >= 0.3 is 0 Å². The number of aryl methyl sites for hydroxylation is 2. The van der Waals surface area contributed by atoms with Gasteiger partial charge in [0.15, 0.2) is 5.76 Å². The maximum Gasteiger partial charge on any atom is 0.292 e. The lowest BCUT2D eigenvalue weighted by Gasteiger charge is -2.25. The summed E-state index contributed by atoms with van der Waals surface area (Å²) in [5.74, 6) is -0.488. The van der Waals surface area contributed by atoms with E-state index in [1.807, 2.05) is 98.0 Å². The summed E-state index contributed by atoms with van der Waals surface area (Å²) in [6.45, 7) is 2.66. The minimum atomic E-state index is -1.76. The molecule has 5 rings (SSSR count). The summed E-state index contributed by atoms with van der Waals surface area (Å²) in [5, 5.41) is 22.6. The molecule has 1 aromatic heterocycles. The van der Waals surface area contributed by atoms with Gasteiger partial charge in [0.2, 0.25) is 11.5 Å². The zero-order chi connectivity index (χ0) is 25.7. The first-order valence-electron chi connectivity index (χ1n) is 12.1. The van der Waals surface area contributed by atoms with Crippen molar-refractivity contribution in [3.8, 4) is 11.3 Å². The lowest BCUT2D eigenvalue weighted by molar-refractivity contribution is -0.124. The number of benzene rings is 3. The summed E-state index contributed by atoms with van der Waals surface area (Å²) in [6.07, 6.45) is 1.92. The van der Waals surface area contributed by atoms with E-state index in [0.29, 0.717) is 6.54 Å². The number of hydrogen-bond acceptors (Lipinski definition) is 6. The summed E-state index contributed by atoms with van der Waals surface area (Å²) in [4.78, 5) is 12.9. The summed E-state index contributed by atoms with van der Waals surface area (Å²) >= 11 is 0. The molecule has 3 aromatic carbocycles. The topological polar surface area (TPSA) is 98.5 Å². The van der Waals surface area contributed by atoms with Gasteiger partial charge in [0.05, 0.1) is 6.20 Å². The first-order chi connectivity index (χ1) is 18.0. The van der Waals surface area contributed by atoms with E-state index in [4.69, 9.17) is 9.47 Å². The molecule has 0 saturated heterocycles. The van der Waals surface area contributed by atoms with Gasteiger partial charge in [-0.1, -0.05) is 95.7 Å². The Morgan fingerprint density at radius 2 is 1.51 bits per heavy atom. The number of carbonyl (C=O) groups is 1. The number of nitrogens with one attached hydrogen (secondary N) is 1. The van der Waals surface area contributed by atoms with Crippen molar-refractivity contribution in [2.75, 3.05) is 0 Å². The van der Waals surface area contributed by atoms with Crippen molar-refractivity contribution in [2.45, 2.75) is 38.8 Å². The van der Waals surface area contributed by atoms with Crippen molar-refractivity contribution in [2.24, 2.45) is 0 Å². The number of ether oxygens (including phenoxy) is 2. The predicted molar refractivity (Wildman–Crippen MR) is 137 cm³/mol. The number of nitrogens with zero attached hydrogens (tertiary/aromatic N) is 3. The Morgan fingerprint density at radius 1 is 0.892 bits per heavy atom. The number of rotatable bonds is 10. The molecule has 0 fully saturated rings. The maximum absolute atomic E-state index is 12.9. The fourth-order valence-corrected chi connectivity index (χ4v) is 4.08. The third-order valence-electron chi connectivity index (χ3n) is 6.15. The predicted octanol–water partition coefficient (Wildman–Crippen LogP) is 4.11. The molecule has 8 nitrogen and oxygen atoms in total. The average molecular weight is 497 g/mol. The van der Waals surface area contributed by atoms with Crippen LogP contribution in [0.1, 0.15) is 23.1 Å². The van der Waals surface area contributed by atoms with Crippen LogP contribution in [0.5, 0.6) is 0 Å². The second-order valence-electron chi connectivity index (χ2n) is 9.00. The largest absolute Gasteiger partial charge is 0.484 e. The van der Waals surface area contributed by atoms with E-state index >= 15 is 0 Å². The molecule has 4 aromatic rings. The van der Waals surface area contributed by atoms with Gasteiger partial charge in [-0.15, -0.1) is 5.10 Å². The van der Waals surface area contributed by atoms with Crippen LogP contribution in [0.4, 0.5) is 0 Å². The molecule has 1 aliphatic rings. The van der Waals surface area contributed by atoms with E-state index in [1.54, 1.807) is 4.68 Å². The third-order valence-corrected chi connectivity index (χ3v) is 6.15.